The highest BCUT2D eigenvalue weighted by Crippen LogP contribution is 2.41. The van der Waals surface area contributed by atoms with E-state index in [1.807, 2.05) is 18.2 Å². The van der Waals surface area contributed by atoms with Crippen LogP contribution in [0.2, 0.25) is 5.02 Å². The number of halogens is 1. The third-order valence-electron chi connectivity index (χ3n) is 4.49. The molecule has 0 spiro atoms. The zero-order valence-corrected chi connectivity index (χ0v) is 12.9. The smallest absolute Gasteiger partial charge is 0.124 e. The maximum atomic E-state index is 6.33. The molecule has 0 amide bonds. The van der Waals surface area contributed by atoms with E-state index < -0.39 is 0 Å². The molecule has 3 rings (SSSR count). The predicted molar refractivity (Wildman–Crippen MR) is 83.1 cm³/mol. The fourth-order valence-corrected chi connectivity index (χ4v) is 3.85. The lowest BCUT2D eigenvalue weighted by molar-refractivity contribution is 0.0858. The fourth-order valence-electron chi connectivity index (χ4n) is 3.67. The second kappa shape index (κ2) is 5.42. The largest absolute Gasteiger partial charge is 0.490 e. The van der Waals surface area contributed by atoms with E-state index in [2.05, 4.69) is 19.9 Å². The van der Waals surface area contributed by atoms with Gasteiger partial charge in [0, 0.05) is 29.0 Å². The summed E-state index contributed by atoms with van der Waals surface area (Å²) in [6.45, 7) is 4.51. The van der Waals surface area contributed by atoms with Crippen molar-refractivity contribution >= 4 is 11.6 Å². The molecule has 1 aromatic carbocycles. The molecular weight excluding hydrogens is 270 g/mol. The molecule has 1 aromatic rings. The van der Waals surface area contributed by atoms with Crippen molar-refractivity contribution in [3.05, 3.63) is 40.4 Å². The molecule has 0 saturated heterocycles. The second-order valence-corrected chi connectivity index (χ2v) is 6.81. The first-order valence-electron chi connectivity index (χ1n) is 7.42. The van der Waals surface area contributed by atoms with Gasteiger partial charge in [0.15, 0.2) is 0 Å². The molecule has 1 aliphatic carbocycles. The Hall–Kier alpha value is -0.990. The quantitative estimate of drug-likeness (QED) is 0.774. The standard InChI is InChI=1S/C17H22ClNO/c1-10-5-11(2)7-12(6-10)17-9-15(19)14-8-13(18)3-4-16(14)20-17/h3-5,8,10,12,15,17H,6-7,9,19H2,1-2H3/t10?,12?,15-,17?/m1/s1. The van der Waals surface area contributed by atoms with E-state index in [1.165, 1.54) is 12.0 Å². The average Bonchev–Trinajstić information content (AvgIpc) is 2.38. The van der Waals surface area contributed by atoms with E-state index in [0.717, 1.165) is 29.2 Å². The van der Waals surface area contributed by atoms with Crippen LogP contribution in [0.3, 0.4) is 0 Å². The van der Waals surface area contributed by atoms with Gasteiger partial charge in [-0.1, -0.05) is 30.2 Å². The first-order chi connectivity index (χ1) is 9.52. The third kappa shape index (κ3) is 2.72. The van der Waals surface area contributed by atoms with Gasteiger partial charge in [-0.3, -0.25) is 0 Å². The summed E-state index contributed by atoms with van der Waals surface area (Å²) < 4.78 is 6.23. The molecular formula is C17H22ClNO. The molecule has 1 heterocycles. The van der Waals surface area contributed by atoms with Gasteiger partial charge in [0.1, 0.15) is 11.9 Å². The first-order valence-corrected chi connectivity index (χ1v) is 7.79. The Kier molecular flexibility index (Phi) is 3.78. The molecule has 2 N–H and O–H groups in total. The Balaban J connectivity index is 1.81. The fraction of sp³-hybridized carbons (Fsp3) is 0.529. The van der Waals surface area contributed by atoms with Crippen LogP contribution in [0.25, 0.3) is 0 Å². The number of hydrogen-bond donors (Lipinski definition) is 1. The van der Waals surface area contributed by atoms with Crippen molar-refractivity contribution in [3.63, 3.8) is 0 Å². The first kappa shape index (κ1) is 14.0. The van der Waals surface area contributed by atoms with Gasteiger partial charge >= 0.3 is 0 Å². The Bertz CT molecular complexity index is 540. The number of benzene rings is 1. The molecule has 0 radical (unpaired) electrons. The predicted octanol–water partition coefficient (Wildman–Crippen LogP) is 4.48. The van der Waals surface area contributed by atoms with Crippen molar-refractivity contribution < 1.29 is 4.74 Å². The number of fused-ring (bicyclic) bond motifs is 1. The molecule has 3 heteroatoms. The monoisotopic (exact) mass is 291 g/mol. The van der Waals surface area contributed by atoms with Gasteiger partial charge < -0.3 is 10.5 Å². The maximum absolute atomic E-state index is 6.33. The van der Waals surface area contributed by atoms with Crippen LogP contribution in [0, 0.1) is 11.8 Å². The van der Waals surface area contributed by atoms with Gasteiger partial charge in [-0.15, -0.1) is 0 Å². The molecule has 0 bridgehead atoms. The van der Waals surface area contributed by atoms with Crippen LogP contribution in [0.15, 0.2) is 29.8 Å². The minimum absolute atomic E-state index is 0.0315. The number of hydrogen-bond acceptors (Lipinski definition) is 2. The molecule has 108 valence electrons. The summed E-state index contributed by atoms with van der Waals surface area (Å²) in [6.07, 6.45) is 5.82. The molecule has 3 unspecified atom stereocenters. The van der Waals surface area contributed by atoms with Crippen LogP contribution in [0.4, 0.5) is 0 Å². The Labute approximate surface area is 126 Å². The summed E-state index contributed by atoms with van der Waals surface area (Å²) in [7, 11) is 0. The van der Waals surface area contributed by atoms with Crippen molar-refractivity contribution in [3.8, 4) is 5.75 Å². The van der Waals surface area contributed by atoms with Crippen molar-refractivity contribution in [2.24, 2.45) is 17.6 Å². The topological polar surface area (TPSA) is 35.2 Å². The van der Waals surface area contributed by atoms with E-state index in [1.54, 1.807) is 0 Å². The van der Waals surface area contributed by atoms with E-state index >= 15 is 0 Å². The molecule has 4 atom stereocenters. The highest BCUT2D eigenvalue weighted by atomic mass is 35.5. The molecule has 0 aromatic heterocycles. The number of nitrogens with two attached hydrogens (primary N) is 1. The van der Waals surface area contributed by atoms with E-state index in [9.17, 15) is 0 Å². The normalized spacial score (nSPS) is 33.1. The summed E-state index contributed by atoms with van der Waals surface area (Å²) in [6, 6.07) is 5.80. The van der Waals surface area contributed by atoms with Crippen molar-refractivity contribution in [2.45, 2.75) is 45.3 Å². The van der Waals surface area contributed by atoms with Gasteiger partial charge in [0.25, 0.3) is 0 Å². The van der Waals surface area contributed by atoms with Crippen LogP contribution < -0.4 is 10.5 Å². The second-order valence-electron chi connectivity index (χ2n) is 6.37. The lowest BCUT2D eigenvalue weighted by atomic mass is 9.78. The lowest BCUT2D eigenvalue weighted by Crippen LogP contribution is -2.37. The van der Waals surface area contributed by atoms with Crippen LogP contribution in [-0.4, -0.2) is 6.10 Å². The minimum atomic E-state index is 0.0315. The summed E-state index contributed by atoms with van der Waals surface area (Å²) in [5.41, 5.74) is 8.85. The average molecular weight is 292 g/mol. The van der Waals surface area contributed by atoms with E-state index in [0.29, 0.717) is 11.8 Å². The van der Waals surface area contributed by atoms with Gasteiger partial charge in [-0.2, -0.15) is 0 Å². The summed E-state index contributed by atoms with van der Waals surface area (Å²) in [5.74, 6) is 2.13. The van der Waals surface area contributed by atoms with E-state index in [-0.39, 0.29) is 12.1 Å². The Morgan fingerprint density at radius 3 is 2.85 bits per heavy atom. The van der Waals surface area contributed by atoms with Crippen molar-refractivity contribution in [1.82, 2.24) is 0 Å². The Morgan fingerprint density at radius 1 is 1.30 bits per heavy atom. The molecule has 2 aliphatic rings. The molecule has 0 saturated carbocycles. The van der Waals surface area contributed by atoms with Crippen LogP contribution in [0.5, 0.6) is 5.75 Å². The van der Waals surface area contributed by atoms with Gasteiger partial charge in [0.05, 0.1) is 0 Å². The van der Waals surface area contributed by atoms with E-state index in [4.69, 9.17) is 22.1 Å². The minimum Gasteiger partial charge on any atom is -0.490 e. The van der Waals surface area contributed by atoms with Crippen LogP contribution >= 0.6 is 11.6 Å². The number of allylic oxidation sites excluding steroid dienone is 2. The van der Waals surface area contributed by atoms with Crippen molar-refractivity contribution in [2.75, 3.05) is 0 Å². The summed E-state index contributed by atoms with van der Waals surface area (Å²) in [4.78, 5) is 0. The highest BCUT2D eigenvalue weighted by Gasteiger charge is 2.33. The summed E-state index contributed by atoms with van der Waals surface area (Å²) in [5, 5.41) is 0.728. The zero-order chi connectivity index (χ0) is 14.3. The SMILES string of the molecule is CC1=CC(C)CC(C2C[C@@H](N)c3cc(Cl)ccc3O2)C1. The third-order valence-corrected chi connectivity index (χ3v) is 4.72. The van der Waals surface area contributed by atoms with Crippen LogP contribution in [-0.2, 0) is 0 Å². The van der Waals surface area contributed by atoms with Crippen molar-refractivity contribution in [1.29, 1.82) is 0 Å². The zero-order valence-electron chi connectivity index (χ0n) is 12.1. The molecule has 0 fully saturated rings. The number of rotatable bonds is 1. The molecule has 20 heavy (non-hydrogen) atoms. The molecule has 2 nitrogen and oxygen atoms in total. The highest BCUT2D eigenvalue weighted by molar-refractivity contribution is 6.30. The van der Waals surface area contributed by atoms with Gasteiger partial charge in [0.2, 0.25) is 0 Å². The maximum Gasteiger partial charge on any atom is 0.124 e. The Morgan fingerprint density at radius 2 is 2.10 bits per heavy atom. The number of ether oxygens (including phenoxy) is 1. The van der Waals surface area contributed by atoms with Gasteiger partial charge in [-0.05, 0) is 43.9 Å². The van der Waals surface area contributed by atoms with Gasteiger partial charge in [-0.25, -0.2) is 0 Å². The molecule has 1 aliphatic heterocycles. The summed E-state index contributed by atoms with van der Waals surface area (Å²) >= 11 is 6.05. The lowest BCUT2D eigenvalue weighted by Gasteiger charge is -2.38. The van der Waals surface area contributed by atoms with Crippen LogP contribution in [0.1, 0.15) is 44.7 Å².